The predicted molar refractivity (Wildman–Crippen MR) is 117 cm³/mol. The summed E-state index contributed by atoms with van der Waals surface area (Å²) in [5.74, 6) is 0.989. The van der Waals surface area contributed by atoms with E-state index in [0.717, 1.165) is 25.6 Å². The van der Waals surface area contributed by atoms with E-state index in [1.54, 1.807) is 7.05 Å². The van der Waals surface area contributed by atoms with Crippen LogP contribution in [0.2, 0.25) is 0 Å². The minimum atomic E-state index is -2.93. The van der Waals surface area contributed by atoms with Gasteiger partial charge in [0.2, 0.25) is 0 Å². The molecule has 1 atom stereocenters. The second-order valence-corrected chi connectivity index (χ2v) is 10.9. The Morgan fingerprint density at radius 3 is 2.61 bits per heavy atom. The lowest BCUT2D eigenvalue weighted by Gasteiger charge is -2.28. The third kappa shape index (κ3) is 8.19. The lowest BCUT2D eigenvalue weighted by molar-refractivity contribution is 0.245. The van der Waals surface area contributed by atoms with Crippen molar-refractivity contribution in [2.24, 2.45) is 10.4 Å². The van der Waals surface area contributed by atoms with Gasteiger partial charge in [0.05, 0.1) is 5.75 Å². The number of rotatable bonds is 9. The molecule has 0 saturated carbocycles. The van der Waals surface area contributed by atoms with Crippen molar-refractivity contribution in [3.63, 3.8) is 0 Å². The van der Waals surface area contributed by atoms with E-state index in [9.17, 15) is 8.42 Å². The van der Waals surface area contributed by atoms with Crippen LogP contribution in [0.15, 0.2) is 35.3 Å². The largest absolute Gasteiger partial charge is 0.356 e. The molecule has 0 radical (unpaired) electrons. The zero-order valence-corrected chi connectivity index (χ0v) is 18.6. The van der Waals surface area contributed by atoms with E-state index < -0.39 is 9.84 Å². The number of hydrogen-bond donors (Lipinski definition) is 2. The molecule has 0 spiro atoms. The van der Waals surface area contributed by atoms with Crippen molar-refractivity contribution in [1.82, 2.24) is 15.5 Å². The standard InChI is InChI=1S/C21H36N4O2S/c1-21(2,12-14-28(4,26)27)17-24-20(22-3)23-15-19-11-8-13-25(19)16-18-9-6-5-7-10-18/h5-7,9-10,19H,8,11-17H2,1-4H3,(H2,22,23,24). The topological polar surface area (TPSA) is 73.8 Å². The Morgan fingerprint density at radius 2 is 1.96 bits per heavy atom. The first-order valence-corrected chi connectivity index (χ1v) is 12.1. The van der Waals surface area contributed by atoms with Crippen LogP contribution < -0.4 is 10.6 Å². The Hall–Kier alpha value is -1.60. The highest BCUT2D eigenvalue weighted by Gasteiger charge is 2.25. The molecule has 0 aromatic heterocycles. The maximum absolute atomic E-state index is 11.4. The summed E-state index contributed by atoms with van der Waals surface area (Å²) in [7, 11) is -1.16. The van der Waals surface area contributed by atoms with Gasteiger partial charge in [-0.3, -0.25) is 9.89 Å². The van der Waals surface area contributed by atoms with Crippen LogP contribution in [0.3, 0.4) is 0 Å². The van der Waals surface area contributed by atoms with Crippen LogP contribution in [0.1, 0.15) is 38.7 Å². The molecule has 1 unspecified atom stereocenters. The summed E-state index contributed by atoms with van der Waals surface area (Å²) in [4.78, 5) is 6.86. The van der Waals surface area contributed by atoms with Crippen LogP contribution in [0.25, 0.3) is 0 Å². The van der Waals surface area contributed by atoms with Gasteiger partial charge in [0.15, 0.2) is 5.96 Å². The average molecular weight is 409 g/mol. The van der Waals surface area contributed by atoms with E-state index in [1.165, 1.54) is 24.7 Å². The molecule has 0 aliphatic carbocycles. The van der Waals surface area contributed by atoms with Crippen LogP contribution in [-0.4, -0.2) is 64.0 Å². The van der Waals surface area contributed by atoms with Gasteiger partial charge in [-0.05, 0) is 36.8 Å². The molecule has 0 bridgehead atoms. The highest BCUT2D eigenvalue weighted by molar-refractivity contribution is 7.90. The van der Waals surface area contributed by atoms with Gasteiger partial charge in [-0.1, -0.05) is 44.2 Å². The number of nitrogens with zero attached hydrogens (tertiary/aromatic N) is 2. The molecule has 6 nitrogen and oxygen atoms in total. The van der Waals surface area contributed by atoms with Crippen LogP contribution in [-0.2, 0) is 16.4 Å². The molecule has 158 valence electrons. The van der Waals surface area contributed by atoms with Crippen molar-refractivity contribution in [3.8, 4) is 0 Å². The van der Waals surface area contributed by atoms with Gasteiger partial charge in [-0.2, -0.15) is 0 Å². The third-order valence-corrected chi connectivity index (χ3v) is 6.29. The second kappa shape index (κ2) is 10.3. The third-order valence-electron chi connectivity index (χ3n) is 5.34. The molecule has 0 amide bonds. The zero-order valence-electron chi connectivity index (χ0n) is 17.7. The zero-order chi connectivity index (χ0) is 20.6. The summed E-state index contributed by atoms with van der Waals surface area (Å²) in [6, 6.07) is 11.1. The maximum Gasteiger partial charge on any atom is 0.191 e. The van der Waals surface area contributed by atoms with E-state index in [1.807, 2.05) is 0 Å². The molecule has 1 heterocycles. The fourth-order valence-electron chi connectivity index (χ4n) is 3.46. The Bertz CT molecular complexity index is 732. The van der Waals surface area contributed by atoms with Crippen LogP contribution in [0, 0.1) is 5.41 Å². The molecule has 1 fully saturated rings. The maximum atomic E-state index is 11.4. The second-order valence-electron chi connectivity index (χ2n) is 8.60. The minimum absolute atomic E-state index is 0.118. The Morgan fingerprint density at radius 1 is 1.25 bits per heavy atom. The fourth-order valence-corrected chi connectivity index (χ4v) is 4.38. The number of benzene rings is 1. The lowest BCUT2D eigenvalue weighted by Crippen LogP contribution is -2.47. The summed E-state index contributed by atoms with van der Waals surface area (Å²) < 4.78 is 22.8. The molecule has 2 N–H and O–H groups in total. The quantitative estimate of drug-likeness (QED) is 0.484. The van der Waals surface area contributed by atoms with Gasteiger partial charge in [-0.25, -0.2) is 8.42 Å². The molecule has 2 rings (SSSR count). The summed E-state index contributed by atoms with van der Waals surface area (Å²) in [6.45, 7) is 7.81. The summed E-state index contributed by atoms with van der Waals surface area (Å²) in [6.07, 6.45) is 4.34. The summed E-state index contributed by atoms with van der Waals surface area (Å²) in [5, 5.41) is 6.81. The van der Waals surface area contributed by atoms with E-state index in [2.05, 4.69) is 64.7 Å². The highest BCUT2D eigenvalue weighted by Crippen LogP contribution is 2.21. The molecule has 1 aromatic carbocycles. The first kappa shape index (κ1) is 22.7. The number of guanidine groups is 1. The smallest absolute Gasteiger partial charge is 0.191 e. The fraction of sp³-hybridized carbons (Fsp3) is 0.667. The van der Waals surface area contributed by atoms with Crippen molar-refractivity contribution in [2.45, 2.75) is 45.7 Å². The number of sulfone groups is 1. The van der Waals surface area contributed by atoms with Gasteiger partial charge in [-0.15, -0.1) is 0 Å². The molecule has 1 saturated heterocycles. The van der Waals surface area contributed by atoms with E-state index in [0.29, 0.717) is 19.0 Å². The van der Waals surface area contributed by atoms with Gasteiger partial charge >= 0.3 is 0 Å². The SMILES string of the molecule is CN=C(NCC1CCCN1Cc1ccccc1)NCC(C)(C)CCS(C)(=O)=O. The van der Waals surface area contributed by atoms with E-state index in [4.69, 9.17) is 0 Å². The predicted octanol–water partition coefficient (Wildman–Crippen LogP) is 2.28. The summed E-state index contributed by atoms with van der Waals surface area (Å²) in [5.41, 5.74) is 1.23. The average Bonchev–Trinajstić information content (AvgIpc) is 3.08. The summed E-state index contributed by atoms with van der Waals surface area (Å²) >= 11 is 0. The van der Waals surface area contributed by atoms with E-state index in [-0.39, 0.29) is 11.2 Å². The van der Waals surface area contributed by atoms with Crippen molar-refractivity contribution in [1.29, 1.82) is 0 Å². The first-order valence-electron chi connectivity index (χ1n) is 10.1. The number of nitrogens with one attached hydrogen (secondary N) is 2. The number of likely N-dealkylation sites (tertiary alicyclic amines) is 1. The van der Waals surface area contributed by atoms with Crippen molar-refractivity contribution < 1.29 is 8.42 Å². The Labute approximate surface area is 170 Å². The molecular formula is C21H36N4O2S. The van der Waals surface area contributed by atoms with Gasteiger partial charge < -0.3 is 10.6 Å². The van der Waals surface area contributed by atoms with Crippen LogP contribution in [0.4, 0.5) is 0 Å². The van der Waals surface area contributed by atoms with Crippen molar-refractivity contribution in [3.05, 3.63) is 35.9 Å². The van der Waals surface area contributed by atoms with Crippen molar-refractivity contribution >= 4 is 15.8 Å². The molecule has 28 heavy (non-hydrogen) atoms. The van der Waals surface area contributed by atoms with Gasteiger partial charge in [0, 0.05) is 39.0 Å². The Balaban J connectivity index is 1.79. The highest BCUT2D eigenvalue weighted by atomic mass is 32.2. The molecule has 7 heteroatoms. The lowest BCUT2D eigenvalue weighted by atomic mass is 9.90. The first-order chi connectivity index (χ1) is 13.2. The van der Waals surface area contributed by atoms with E-state index >= 15 is 0 Å². The van der Waals surface area contributed by atoms with Crippen molar-refractivity contribution in [2.75, 3.05) is 38.7 Å². The molecular weight excluding hydrogens is 372 g/mol. The number of aliphatic imine (C=N–C) groups is 1. The van der Waals surface area contributed by atoms with Gasteiger partial charge in [0.1, 0.15) is 9.84 Å². The van der Waals surface area contributed by atoms with Crippen LogP contribution >= 0.6 is 0 Å². The molecule has 1 aliphatic rings. The molecule has 1 aliphatic heterocycles. The van der Waals surface area contributed by atoms with Crippen LogP contribution in [0.5, 0.6) is 0 Å². The monoisotopic (exact) mass is 408 g/mol. The van der Waals surface area contributed by atoms with Gasteiger partial charge in [0.25, 0.3) is 0 Å². The minimum Gasteiger partial charge on any atom is -0.356 e. The normalized spacial score (nSPS) is 19.0. The number of hydrogen-bond acceptors (Lipinski definition) is 4. The molecule has 1 aromatic rings. The Kier molecular flexibility index (Phi) is 8.31.